The van der Waals surface area contributed by atoms with E-state index in [1.54, 1.807) is 0 Å². The van der Waals surface area contributed by atoms with Crippen molar-refractivity contribution in [3.05, 3.63) is 0 Å². The number of carbonyl (C=O) groups excluding carboxylic acids is 1. The topological polar surface area (TPSA) is 92.4 Å². The molecule has 1 amide bonds. The number of rotatable bonds is 10. The van der Waals surface area contributed by atoms with Gasteiger partial charge < -0.3 is 16.2 Å². The summed E-state index contributed by atoms with van der Waals surface area (Å²) >= 11 is 0. The van der Waals surface area contributed by atoms with E-state index in [9.17, 15) is 9.59 Å². The van der Waals surface area contributed by atoms with Gasteiger partial charge >= 0.3 is 5.97 Å². The van der Waals surface area contributed by atoms with E-state index in [4.69, 9.17) is 10.8 Å². The smallest absolute Gasteiger partial charge is 0.303 e. The third kappa shape index (κ3) is 10.3. The fourth-order valence-electron chi connectivity index (χ4n) is 2.37. The number of carboxylic acid groups (broad SMARTS) is 1. The molecule has 0 aliphatic rings. The Labute approximate surface area is 128 Å². The number of carboxylic acids is 1. The first-order valence-corrected chi connectivity index (χ1v) is 7.85. The van der Waals surface area contributed by atoms with Crippen molar-refractivity contribution >= 4 is 11.9 Å². The van der Waals surface area contributed by atoms with Gasteiger partial charge in [0.25, 0.3) is 0 Å². The number of carbonyl (C=O) groups is 2. The van der Waals surface area contributed by atoms with Gasteiger partial charge in [-0.1, -0.05) is 27.7 Å². The first kappa shape index (κ1) is 19.9. The lowest BCUT2D eigenvalue weighted by atomic mass is 9.76. The van der Waals surface area contributed by atoms with Crippen molar-refractivity contribution in [2.24, 2.45) is 23.0 Å². The van der Waals surface area contributed by atoms with Crippen molar-refractivity contribution in [1.29, 1.82) is 0 Å². The molecule has 124 valence electrons. The molecule has 0 rings (SSSR count). The van der Waals surface area contributed by atoms with Crippen LogP contribution in [0, 0.1) is 17.3 Å². The summed E-state index contributed by atoms with van der Waals surface area (Å²) in [6.07, 6.45) is 3.03. The highest BCUT2D eigenvalue weighted by atomic mass is 16.4. The van der Waals surface area contributed by atoms with Gasteiger partial charge in [-0.05, 0) is 43.1 Å². The molecule has 0 saturated carbocycles. The molecule has 0 saturated heterocycles. The van der Waals surface area contributed by atoms with E-state index in [0.29, 0.717) is 31.8 Å². The lowest BCUT2D eigenvalue weighted by molar-refractivity contribution is -0.137. The maximum Gasteiger partial charge on any atom is 0.303 e. The second-order valence-electron chi connectivity index (χ2n) is 7.02. The van der Waals surface area contributed by atoms with Gasteiger partial charge in [-0.25, -0.2) is 0 Å². The average Bonchev–Trinajstić information content (AvgIpc) is 2.37. The van der Waals surface area contributed by atoms with Crippen LogP contribution in [0.1, 0.15) is 59.8 Å². The Bertz CT molecular complexity index is 324. The average molecular weight is 300 g/mol. The van der Waals surface area contributed by atoms with Crippen LogP contribution in [0.25, 0.3) is 0 Å². The van der Waals surface area contributed by atoms with Gasteiger partial charge in [-0.15, -0.1) is 0 Å². The zero-order valence-corrected chi connectivity index (χ0v) is 13.9. The van der Waals surface area contributed by atoms with Crippen molar-refractivity contribution in [3.63, 3.8) is 0 Å². The largest absolute Gasteiger partial charge is 0.481 e. The molecule has 0 spiro atoms. The zero-order chi connectivity index (χ0) is 16.5. The van der Waals surface area contributed by atoms with E-state index in [0.717, 1.165) is 12.8 Å². The van der Waals surface area contributed by atoms with Crippen molar-refractivity contribution in [1.82, 2.24) is 5.32 Å². The Hall–Kier alpha value is -1.10. The Morgan fingerprint density at radius 2 is 1.76 bits per heavy atom. The molecule has 21 heavy (non-hydrogen) atoms. The van der Waals surface area contributed by atoms with Crippen molar-refractivity contribution in [2.45, 2.75) is 59.8 Å². The van der Waals surface area contributed by atoms with Crippen LogP contribution in [0.15, 0.2) is 0 Å². The SMILES string of the molecule is CC(CCC(=O)O)CNC(=O)CCC(CCN)C(C)(C)C. The fraction of sp³-hybridized carbons (Fsp3) is 0.875. The maximum absolute atomic E-state index is 11.9. The summed E-state index contributed by atoms with van der Waals surface area (Å²) in [6, 6.07) is 0. The van der Waals surface area contributed by atoms with Crippen LogP contribution in [-0.2, 0) is 9.59 Å². The molecule has 0 aromatic rings. The highest BCUT2D eigenvalue weighted by molar-refractivity contribution is 5.75. The molecule has 5 nitrogen and oxygen atoms in total. The van der Waals surface area contributed by atoms with Crippen molar-refractivity contribution < 1.29 is 14.7 Å². The van der Waals surface area contributed by atoms with Crippen LogP contribution >= 0.6 is 0 Å². The zero-order valence-electron chi connectivity index (χ0n) is 13.9. The molecule has 0 aromatic heterocycles. The Balaban J connectivity index is 4.00. The number of amides is 1. The van der Waals surface area contributed by atoms with Gasteiger partial charge in [-0.3, -0.25) is 9.59 Å². The van der Waals surface area contributed by atoms with Crippen LogP contribution in [0.5, 0.6) is 0 Å². The molecular weight excluding hydrogens is 268 g/mol. The molecule has 5 heteroatoms. The molecule has 4 N–H and O–H groups in total. The summed E-state index contributed by atoms with van der Waals surface area (Å²) in [7, 11) is 0. The number of nitrogens with two attached hydrogens (primary N) is 1. The molecule has 0 fully saturated rings. The van der Waals surface area contributed by atoms with Gasteiger partial charge in [0.1, 0.15) is 0 Å². The maximum atomic E-state index is 11.9. The lowest BCUT2D eigenvalue weighted by Gasteiger charge is -2.30. The van der Waals surface area contributed by atoms with Crippen LogP contribution < -0.4 is 11.1 Å². The number of aliphatic carboxylic acids is 1. The molecule has 2 unspecified atom stereocenters. The van der Waals surface area contributed by atoms with E-state index in [2.05, 4.69) is 26.1 Å². The summed E-state index contributed by atoms with van der Waals surface area (Å²) < 4.78 is 0. The Morgan fingerprint density at radius 1 is 1.14 bits per heavy atom. The monoisotopic (exact) mass is 300 g/mol. The van der Waals surface area contributed by atoms with E-state index in [1.807, 2.05) is 6.92 Å². The van der Waals surface area contributed by atoms with Crippen LogP contribution in [-0.4, -0.2) is 30.1 Å². The van der Waals surface area contributed by atoms with Gasteiger partial charge in [-0.2, -0.15) is 0 Å². The lowest BCUT2D eigenvalue weighted by Crippen LogP contribution is -2.30. The highest BCUT2D eigenvalue weighted by Crippen LogP contribution is 2.31. The molecule has 2 atom stereocenters. The summed E-state index contributed by atoms with van der Waals surface area (Å²) in [6.45, 7) is 9.69. The second kappa shape index (κ2) is 9.77. The molecule has 0 radical (unpaired) electrons. The summed E-state index contributed by atoms with van der Waals surface area (Å²) in [5.41, 5.74) is 5.80. The van der Waals surface area contributed by atoms with Crippen molar-refractivity contribution in [3.8, 4) is 0 Å². The van der Waals surface area contributed by atoms with E-state index < -0.39 is 5.97 Å². The second-order valence-corrected chi connectivity index (χ2v) is 7.02. The molecule has 0 aromatic carbocycles. The van der Waals surface area contributed by atoms with Gasteiger partial charge in [0.05, 0.1) is 0 Å². The van der Waals surface area contributed by atoms with Crippen LogP contribution in [0.2, 0.25) is 0 Å². The predicted octanol–water partition coefficient (Wildman–Crippen LogP) is 2.39. The molecular formula is C16H32N2O3. The summed E-state index contributed by atoms with van der Waals surface area (Å²) in [4.78, 5) is 22.3. The minimum absolute atomic E-state index is 0.0449. The van der Waals surface area contributed by atoms with E-state index >= 15 is 0 Å². The van der Waals surface area contributed by atoms with Gasteiger partial charge in [0, 0.05) is 19.4 Å². The fourth-order valence-corrected chi connectivity index (χ4v) is 2.37. The normalized spacial score (nSPS) is 14.5. The highest BCUT2D eigenvalue weighted by Gasteiger charge is 2.24. The third-order valence-electron chi connectivity index (χ3n) is 3.96. The number of hydrogen-bond donors (Lipinski definition) is 3. The minimum atomic E-state index is -0.789. The minimum Gasteiger partial charge on any atom is -0.481 e. The standard InChI is InChI=1S/C16H32N2O3/c1-12(5-8-15(20)21)11-18-14(19)7-6-13(9-10-17)16(2,3)4/h12-13H,5-11,17H2,1-4H3,(H,18,19)(H,20,21). The molecule has 0 aliphatic heterocycles. The van der Waals surface area contributed by atoms with Gasteiger partial charge in [0.15, 0.2) is 0 Å². The first-order chi connectivity index (χ1) is 9.66. The van der Waals surface area contributed by atoms with Crippen LogP contribution in [0.3, 0.4) is 0 Å². The summed E-state index contributed by atoms with van der Waals surface area (Å²) in [5, 5.41) is 11.5. The first-order valence-electron chi connectivity index (χ1n) is 7.85. The van der Waals surface area contributed by atoms with E-state index in [1.165, 1.54) is 0 Å². The van der Waals surface area contributed by atoms with Gasteiger partial charge in [0.2, 0.25) is 5.91 Å². The predicted molar refractivity (Wildman–Crippen MR) is 84.9 cm³/mol. The third-order valence-corrected chi connectivity index (χ3v) is 3.96. The van der Waals surface area contributed by atoms with Crippen molar-refractivity contribution in [2.75, 3.05) is 13.1 Å². The molecule has 0 bridgehead atoms. The Morgan fingerprint density at radius 3 is 2.24 bits per heavy atom. The van der Waals surface area contributed by atoms with E-state index in [-0.39, 0.29) is 23.7 Å². The quantitative estimate of drug-likeness (QED) is 0.577. The number of nitrogens with one attached hydrogen (secondary N) is 1. The number of hydrogen-bond acceptors (Lipinski definition) is 3. The Kier molecular flexibility index (Phi) is 9.26. The molecule has 0 heterocycles. The summed E-state index contributed by atoms with van der Waals surface area (Å²) in [5.74, 6) is -0.114. The van der Waals surface area contributed by atoms with Crippen LogP contribution in [0.4, 0.5) is 0 Å². The molecule has 0 aliphatic carbocycles.